The molecule has 2 atom stereocenters. The minimum Gasteiger partial charge on any atom is -0.341 e. The molecule has 0 bridgehead atoms. The first-order valence-corrected chi connectivity index (χ1v) is 4.94. The van der Waals surface area contributed by atoms with E-state index in [9.17, 15) is 18.0 Å². The maximum atomic E-state index is 12.5. The van der Waals surface area contributed by atoms with Crippen molar-refractivity contribution in [3.8, 4) is 0 Å². The van der Waals surface area contributed by atoms with Crippen LogP contribution in [0.4, 0.5) is 13.2 Å². The molecule has 1 saturated heterocycles. The van der Waals surface area contributed by atoms with Gasteiger partial charge in [0.25, 0.3) is 0 Å². The number of rotatable bonds is 1. The molecule has 15 heavy (non-hydrogen) atoms. The molecular weight excluding hydrogens is 209 g/mol. The first kappa shape index (κ1) is 12.3. The van der Waals surface area contributed by atoms with E-state index in [4.69, 9.17) is 5.73 Å². The second kappa shape index (κ2) is 4.38. The third kappa shape index (κ3) is 3.09. The highest BCUT2D eigenvalue weighted by molar-refractivity contribution is 5.76. The summed E-state index contributed by atoms with van der Waals surface area (Å²) < 4.78 is 37.4. The van der Waals surface area contributed by atoms with Crippen molar-refractivity contribution >= 4 is 5.91 Å². The van der Waals surface area contributed by atoms with Crippen molar-refractivity contribution in [3.05, 3.63) is 0 Å². The summed E-state index contributed by atoms with van der Waals surface area (Å²) in [5.41, 5.74) is 5.51. The Morgan fingerprint density at radius 3 is 2.53 bits per heavy atom. The van der Waals surface area contributed by atoms with Crippen LogP contribution in [0.1, 0.15) is 19.8 Å². The van der Waals surface area contributed by atoms with Gasteiger partial charge < -0.3 is 10.6 Å². The van der Waals surface area contributed by atoms with Gasteiger partial charge >= 0.3 is 6.18 Å². The average molecular weight is 224 g/mol. The second-order valence-electron chi connectivity index (χ2n) is 3.89. The molecule has 0 aliphatic carbocycles. The SMILES string of the molecule is CCC(=O)N1C[C@H](N)C[C@H](C(F)(F)F)C1. The molecule has 1 rings (SSSR count). The Bertz CT molecular complexity index is 242. The van der Waals surface area contributed by atoms with Crippen LogP contribution in [0.2, 0.25) is 0 Å². The third-order valence-corrected chi connectivity index (χ3v) is 2.60. The van der Waals surface area contributed by atoms with E-state index in [-0.39, 0.29) is 31.8 Å². The van der Waals surface area contributed by atoms with Crippen molar-refractivity contribution in [2.75, 3.05) is 13.1 Å². The molecule has 0 radical (unpaired) electrons. The van der Waals surface area contributed by atoms with Crippen LogP contribution in [-0.2, 0) is 4.79 Å². The Balaban J connectivity index is 2.68. The largest absolute Gasteiger partial charge is 0.393 e. The van der Waals surface area contributed by atoms with Gasteiger partial charge in [-0.1, -0.05) is 6.92 Å². The van der Waals surface area contributed by atoms with Crippen LogP contribution in [0, 0.1) is 5.92 Å². The normalized spacial score (nSPS) is 27.9. The summed E-state index contributed by atoms with van der Waals surface area (Å²) in [5, 5.41) is 0. The van der Waals surface area contributed by atoms with Crippen LogP contribution < -0.4 is 5.73 Å². The Labute approximate surface area is 86.4 Å². The number of alkyl halides is 3. The zero-order chi connectivity index (χ0) is 11.6. The summed E-state index contributed by atoms with van der Waals surface area (Å²) in [5.74, 6) is -1.74. The highest BCUT2D eigenvalue weighted by atomic mass is 19.4. The van der Waals surface area contributed by atoms with Crippen molar-refractivity contribution in [2.24, 2.45) is 11.7 Å². The summed E-state index contributed by atoms with van der Waals surface area (Å²) in [6.07, 6.45) is -4.13. The summed E-state index contributed by atoms with van der Waals surface area (Å²) in [4.78, 5) is 12.5. The number of nitrogens with zero attached hydrogens (tertiary/aromatic N) is 1. The quantitative estimate of drug-likeness (QED) is 0.725. The van der Waals surface area contributed by atoms with E-state index >= 15 is 0 Å². The summed E-state index contributed by atoms with van der Waals surface area (Å²) in [6, 6.07) is -0.569. The molecule has 3 nitrogen and oxygen atoms in total. The van der Waals surface area contributed by atoms with Gasteiger partial charge in [-0.3, -0.25) is 4.79 Å². The van der Waals surface area contributed by atoms with E-state index in [0.29, 0.717) is 0 Å². The van der Waals surface area contributed by atoms with Gasteiger partial charge in [0.15, 0.2) is 0 Å². The predicted molar refractivity (Wildman–Crippen MR) is 49.0 cm³/mol. The molecule has 1 aliphatic heterocycles. The van der Waals surface area contributed by atoms with Crippen molar-refractivity contribution < 1.29 is 18.0 Å². The lowest BCUT2D eigenvalue weighted by atomic mass is 9.94. The second-order valence-corrected chi connectivity index (χ2v) is 3.89. The van der Waals surface area contributed by atoms with Crippen molar-refractivity contribution in [2.45, 2.75) is 32.0 Å². The standard InChI is InChI=1S/C9H15F3N2O/c1-2-8(15)14-4-6(9(10,11)12)3-7(13)5-14/h6-7H,2-5,13H2,1H3/t6-,7+/m0/s1. The first-order valence-electron chi connectivity index (χ1n) is 4.94. The molecule has 1 fully saturated rings. The Morgan fingerprint density at radius 1 is 1.47 bits per heavy atom. The van der Waals surface area contributed by atoms with Crippen molar-refractivity contribution in [1.82, 2.24) is 4.90 Å². The number of likely N-dealkylation sites (tertiary alicyclic amines) is 1. The van der Waals surface area contributed by atoms with Gasteiger partial charge in [0.1, 0.15) is 0 Å². The number of amides is 1. The zero-order valence-corrected chi connectivity index (χ0v) is 8.55. The van der Waals surface area contributed by atoms with Gasteiger partial charge in [0.05, 0.1) is 5.92 Å². The monoisotopic (exact) mass is 224 g/mol. The van der Waals surface area contributed by atoms with Gasteiger partial charge in [0, 0.05) is 25.6 Å². The molecule has 1 aliphatic rings. The molecule has 2 N–H and O–H groups in total. The highest BCUT2D eigenvalue weighted by Crippen LogP contribution is 2.32. The van der Waals surface area contributed by atoms with E-state index in [1.807, 2.05) is 0 Å². The fourth-order valence-electron chi connectivity index (χ4n) is 1.80. The van der Waals surface area contributed by atoms with Crippen molar-refractivity contribution in [3.63, 3.8) is 0 Å². The van der Waals surface area contributed by atoms with Crippen LogP contribution >= 0.6 is 0 Å². The van der Waals surface area contributed by atoms with E-state index in [0.717, 1.165) is 0 Å². The fraction of sp³-hybridized carbons (Fsp3) is 0.889. The smallest absolute Gasteiger partial charge is 0.341 e. The molecule has 6 heteroatoms. The number of nitrogens with two attached hydrogens (primary N) is 1. The van der Waals surface area contributed by atoms with Gasteiger partial charge in [0.2, 0.25) is 5.91 Å². The molecule has 0 aromatic carbocycles. The molecule has 1 heterocycles. The van der Waals surface area contributed by atoms with Gasteiger partial charge in [-0.15, -0.1) is 0 Å². The summed E-state index contributed by atoms with van der Waals surface area (Å²) in [6.45, 7) is 1.62. The minimum atomic E-state index is -4.26. The fourth-order valence-corrected chi connectivity index (χ4v) is 1.80. The maximum Gasteiger partial charge on any atom is 0.393 e. The average Bonchev–Trinajstić information content (AvgIpc) is 2.14. The Hall–Kier alpha value is -0.780. The third-order valence-electron chi connectivity index (χ3n) is 2.60. The molecule has 0 spiro atoms. The van der Waals surface area contributed by atoms with E-state index < -0.39 is 18.1 Å². The minimum absolute atomic E-state index is 0.0863. The van der Waals surface area contributed by atoms with E-state index in [1.165, 1.54) is 4.90 Å². The first-order chi connectivity index (χ1) is 6.84. The summed E-state index contributed by atoms with van der Waals surface area (Å²) >= 11 is 0. The van der Waals surface area contributed by atoms with Gasteiger partial charge in [-0.05, 0) is 6.42 Å². The lowest BCUT2D eigenvalue weighted by molar-refractivity contribution is -0.189. The Kier molecular flexibility index (Phi) is 3.59. The Morgan fingerprint density at radius 2 is 2.07 bits per heavy atom. The zero-order valence-electron chi connectivity index (χ0n) is 8.55. The number of hydrogen-bond acceptors (Lipinski definition) is 2. The molecule has 0 aromatic rings. The lowest BCUT2D eigenvalue weighted by Gasteiger charge is -2.37. The number of carbonyl (C=O) groups excluding carboxylic acids is 1. The number of hydrogen-bond donors (Lipinski definition) is 1. The summed E-state index contributed by atoms with van der Waals surface area (Å²) in [7, 11) is 0. The number of piperidine rings is 1. The lowest BCUT2D eigenvalue weighted by Crippen LogP contribution is -2.52. The van der Waals surface area contributed by atoms with Gasteiger partial charge in [-0.25, -0.2) is 0 Å². The molecule has 88 valence electrons. The van der Waals surface area contributed by atoms with E-state index in [1.54, 1.807) is 6.92 Å². The van der Waals surface area contributed by atoms with Crippen LogP contribution in [0.25, 0.3) is 0 Å². The van der Waals surface area contributed by atoms with E-state index in [2.05, 4.69) is 0 Å². The highest BCUT2D eigenvalue weighted by Gasteiger charge is 2.44. The molecule has 0 aromatic heterocycles. The van der Waals surface area contributed by atoms with Crippen molar-refractivity contribution in [1.29, 1.82) is 0 Å². The number of halogens is 3. The molecular formula is C9H15F3N2O. The number of carbonyl (C=O) groups is 1. The van der Waals surface area contributed by atoms with Crippen LogP contribution in [-0.4, -0.2) is 36.1 Å². The molecule has 0 saturated carbocycles. The van der Waals surface area contributed by atoms with Gasteiger partial charge in [-0.2, -0.15) is 13.2 Å². The maximum absolute atomic E-state index is 12.5. The van der Waals surface area contributed by atoms with Crippen LogP contribution in [0.3, 0.4) is 0 Å². The topological polar surface area (TPSA) is 46.3 Å². The molecule has 1 amide bonds. The van der Waals surface area contributed by atoms with Crippen LogP contribution in [0.5, 0.6) is 0 Å². The predicted octanol–water partition coefficient (Wildman–Crippen LogP) is 1.13. The molecule has 0 unspecified atom stereocenters. The van der Waals surface area contributed by atoms with Crippen LogP contribution in [0.15, 0.2) is 0 Å².